The molecular weight excluding hydrogens is 1070 g/mol. The third kappa shape index (κ3) is 15.7. The molecule has 6 aromatic rings. The van der Waals surface area contributed by atoms with Crippen LogP contribution in [0.5, 0.6) is 0 Å². The Labute approximate surface area is 450 Å². The largest absolute Gasteiger partial charge is 0.462 e. The first-order chi connectivity index (χ1) is 35.0. The fourth-order valence-corrected chi connectivity index (χ4v) is 11.7. The van der Waals surface area contributed by atoms with Crippen molar-refractivity contribution in [3.8, 4) is 22.3 Å². The number of carbonyl (C=O) groups is 6. The van der Waals surface area contributed by atoms with Crippen molar-refractivity contribution in [3.05, 3.63) is 137 Å². The quantitative estimate of drug-likeness (QED) is 0.0373. The molecule has 0 saturated carbocycles. The Kier molecular flexibility index (Phi) is 23.1. The van der Waals surface area contributed by atoms with Gasteiger partial charge in [-0.25, -0.2) is 14.4 Å². The summed E-state index contributed by atoms with van der Waals surface area (Å²) in [6, 6.07) is 21.9. The molecule has 73 heavy (non-hydrogen) atoms. The van der Waals surface area contributed by atoms with Gasteiger partial charge in [-0.05, 0) is 155 Å². The van der Waals surface area contributed by atoms with Crippen LogP contribution in [-0.4, -0.2) is 55.5 Å². The fraction of sp³-hybridized carbons (Fsp3) is 0.200. The maximum Gasteiger partial charge on any atom is 0.348 e. The normalized spacial score (nSPS) is 9.97. The van der Waals surface area contributed by atoms with Crippen LogP contribution in [0, 0.1) is 71.0 Å². The number of hydrogen-bond acceptors (Lipinski definition) is 19. The zero-order chi connectivity index (χ0) is 53.8. The molecular formula is C50H42ClN7O9S6. The Balaban J connectivity index is 0.000000237. The zero-order valence-corrected chi connectivity index (χ0v) is 45.5. The minimum atomic E-state index is -0.483. The Hall–Kier alpha value is -7.12. The van der Waals surface area contributed by atoms with Crippen LogP contribution in [-0.2, 0) is 14.2 Å². The van der Waals surface area contributed by atoms with Crippen LogP contribution in [0.1, 0.15) is 109 Å². The number of hydrogen-bond donors (Lipinski definition) is 3. The Bertz CT molecular complexity index is 3210. The van der Waals surface area contributed by atoms with E-state index >= 15 is 0 Å². The number of aryl methyl sites for hydroxylation is 1. The third-order valence-electron chi connectivity index (χ3n) is 9.53. The summed E-state index contributed by atoms with van der Waals surface area (Å²) in [7, 11) is 0. The van der Waals surface area contributed by atoms with Crippen molar-refractivity contribution in [1.82, 2.24) is 0 Å². The maximum atomic E-state index is 12.5. The summed E-state index contributed by atoms with van der Waals surface area (Å²) in [6.07, 6.45) is 0. The van der Waals surface area contributed by atoms with Crippen molar-refractivity contribution in [2.75, 3.05) is 35.8 Å². The van der Waals surface area contributed by atoms with Crippen molar-refractivity contribution in [2.24, 2.45) is 0 Å². The first-order valence-corrected chi connectivity index (χ1v) is 26.6. The summed E-state index contributed by atoms with van der Waals surface area (Å²) in [6.45, 7) is 12.9. The van der Waals surface area contributed by atoms with E-state index in [1.54, 1.807) is 90.1 Å². The minimum Gasteiger partial charge on any atom is -0.462 e. The van der Waals surface area contributed by atoms with Crippen LogP contribution in [0.4, 0.5) is 15.0 Å². The van der Waals surface area contributed by atoms with Gasteiger partial charge in [0, 0.05) is 21.7 Å². The van der Waals surface area contributed by atoms with Gasteiger partial charge in [0.2, 0.25) is 0 Å². The molecule has 0 aliphatic carbocycles. The van der Waals surface area contributed by atoms with Crippen molar-refractivity contribution in [2.45, 2.75) is 63.2 Å². The second-order valence-electron chi connectivity index (χ2n) is 14.3. The van der Waals surface area contributed by atoms with Gasteiger partial charge in [-0.3, -0.25) is 14.4 Å². The number of halogens is 1. The molecule has 3 aromatic heterocycles. The molecule has 3 aromatic carbocycles. The molecule has 3 N–H and O–H groups in total. The first-order valence-electron chi connectivity index (χ1n) is 21.3. The van der Waals surface area contributed by atoms with Gasteiger partial charge in [0.25, 0.3) is 17.7 Å². The number of benzene rings is 3. The van der Waals surface area contributed by atoms with E-state index < -0.39 is 17.9 Å². The number of carbonyl (C=O) groups excluding carboxylic acids is 6. The number of ether oxygens (including phenoxy) is 3. The lowest BCUT2D eigenvalue weighted by molar-refractivity contribution is 0.0521. The van der Waals surface area contributed by atoms with Gasteiger partial charge in [0.15, 0.2) is 0 Å². The van der Waals surface area contributed by atoms with Gasteiger partial charge in [0.1, 0.15) is 45.8 Å². The Morgan fingerprint density at radius 1 is 0.534 bits per heavy atom. The number of rotatable bonds is 15. The molecule has 0 fully saturated rings. The molecule has 0 aliphatic rings. The summed E-state index contributed by atoms with van der Waals surface area (Å²) in [5, 5.41) is 51.8. The average molecular weight is 1110 g/mol. The lowest BCUT2D eigenvalue weighted by Gasteiger charge is -2.07. The molecule has 23 heteroatoms. The second kappa shape index (κ2) is 28.8. The zero-order valence-electron chi connectivity index (χ0n) is 39.8. The number of esters is 3. The molecule has 0 atom stereocenters. The van der Waals surface area contributed by atoms with E-state index in [1.165, 1.54) is 12.1 Å². The van der Waals surface area contributed by atoms with Crippen LogP contribution in [0.2, 0.25) is 5.02 Å². The Morgan fingerprint density at radius 3 is 1.30 bits per heavy atom. The predicted octanol–water partition coefficient (Wildman–Crippen LogP) is 13.0. The fourth-order valence-electron chi connectivity index (χ4n) is 6.10. The number of nitrogens with zero attached hydrogens (tertiary/aromatic N) is 4. The highest BCUT2D eigenvalue weighted by Crippen LogP contribution is 2.43. The molecule has 0 bridgehead atoms. The van der Waals surface area contributed by atoms with Gasteiger partial charge in [-0.15, -0.1) is 34.0 Å². The smallest absolute Gasteiger partial charge is 0.348 e. The van der Waals surface area contributed by atoms with E-state index in [-0.39, 0.29) is 37.5 Å². The maximum absolute atomic E-state index is 12.5. The molecule has 6 rings (SSSR count). The average Bonchev–Trinajstić information content (AvgIpc) is 3.97. The molecule has 16 nitrogen and oxygen atoms in total. The highest BCUT2D eigenvalue weighted by Gasteiger charge is 2.26. The van der Waals surface area contributed by atoms with E-state index in [2.05, 4.69) is 16.0 Å². The predicted molar refractivity (Wildman–Crippen MR) is 287 cm³/mol. The van der Waals surface area contributed by atoms with Crippen LogP contribution in [0.15, 0.2) is 87.5 Å². The van der Waals surface area contributed by atoms with Gasteiger partial charge in [-0.2, -0.15) is 21.0 Å². The summed E-state index contributed by atoms with van der Waals surface area (Å²) in [5.74, 6) is -2.43. The lowest BCUT2D eigenvalue weighted by atomic mass is 10.1. The summed E-state index contributed by atoms with van der Waals surface area (Å²) in [4.78, 5) is 76.1. The monoisotopic (exact) mass is 1110 g/mol. The third-order valence-corrected chi connectivity index (χ3v) is 16.1. The summed E-state index contributed by atoms with van der Waals surface area (Å²) >= 11 is 11.9. The van der Waals surface area contributed by atoms with Gasteiger partial charge in [0.05, 0.1) is 46.1 Å². The summed E-state index contributed by atoms with van der Waals surface area (Å²) in [5.41, 5.74) is 4.47. The van der Waals surface area contributed by atoms with E-state index in [1.807, 2.05) is 41.3 Å². The van der Waals surface area contributed by atoms with E-state index in [0.29, 0.717) is 88.3 Å². The van der Waals surface area contributed by atoms with Crippen LogP contribution in [0.25, 0.3) is 0 Å². The first kappa shape index (κ1) is 58.5. The lowest BCUT2D eigenvalue weighted by Crippen LogP contribution is -2.12. The highest BCUT2D eigenvalue weighted by molar-refractivity contribution is 8.04. The standard InChI is InChI=1S/C17H13N3O3S2.C17H16N2O3S2.C16H13ClN2O3S2/c1-3-23-17(22)14-10(2)13(24-9-19)16(25-14)20-15(21)12-6-4-11(8-18)5-7-12;1-4-22-17(21)14-11(3)13(23-9-18)16(24-14)19-15(20)12-8-6-5-7-10(12)2;1-3-22-16(21)13-9(2)12(23-8-18)15(24-13)19-14(20)10-5-4-6-11(17)7-10/h4-7H,3H2,1-2H3,(H,20,21);5-8H,4H2,1-3H3,(H,19,20);4-7H,3H2,1-2H3,(H,19,20). The number of thioether (sulfide) groups is 3. The van der Waals surface area contributed by atoms with E-state index in [4.69, 9.17) is 46.9 Å². The Morgan fingerprint density at radius 2 is 0.932 bits per heavy atom. The minimum absolute atomic E-state index is 0.240. The molecule has 0 spiro atoms. The van der Waals surface area contributed by atoms with Crippen LogP contribution in [0.3, 0.4) is 0 Å². The van der Waals surface area contributed by atoms with Crippen molar-refractivity contribution in [1.29, 1.82) is 21.0 Å². The van der Waals surface area contributed by atoms with Gasteiger partial charge in [-0.1, -0.05) is 35.9 Å². The number of amides is 3. The number of thiophene rings is 3. The number of thiocyanates is 3. The van der Waals surface area contributed by atoms with E-state index in [0.717, 1.165) is 74.9 Å². The summed E-state index contributed by atoms with van der Waals surface area (Å²) < 4.78 is 15.0. The molecule has 374 valence electrons. The molecule has 3 heterocycles. The number of nitrogens with one attached hydrogen (secondary N) is 3. The van der Waals surface area contributed by atoms with Crippen molar-refractivity contribution in [3.63, 3.8) is 0 Å². The number of anilines is 3. The molecule has 0 aliphatic heterocycles. The number of nitriles is 4. The molecule has 0 saturated heterocycles. The molecule has 3 amide bonds. The van der Waals surface area contributed by atoms with Gasteiger partial charge >= 0.3 is 17.9 Å². The SMILES string of the molecule is CCOC(=O)c1sc(NC(=O)c2ccc(C#N)cc2)c(SC#N)c1C.CCOC(=O)c1sc(NC(=O)c2cccc(Cl)c2)c(SC#N)c1C.CCOC(=O)c1sc(NC(=O)c2ccccc2C)c(SC#N)c1C. The van der Waals surface area contributed by atoms with Crippen molar-refractivity contribution < 1.29 is 43.0 Å². The van der Waals surface area contributed by atoms with E-state index in [9.17, 15) is 28.8 Å². The van der Waals surface area contributed by atoms with Gasteiger partial charge < -0.3 is 30.2 Å². The van der Waals surface area contributed by atoms with Crippen molar-refractivity contribution >= 4 is 132 Å². The molecule has 0 radical (unpaired) electrons. The highest BCUT2D eigenvalue weighted by atomic mass is 35.5. The topological polar surface area (TPSA) is 261 Å². The van der Waals surface area contributed by atoms with Crippen LogP contribution >= 0.6 is 80.9 Å². The van der Waals surface area contributed by atoms with Crippen LogP contribution < -0.4 is 16.0 Å². The molecule has 0 unspecified atom stereocenters. The second-order valence-corrected chi connectivity index (χ2v) is 20.1.